The summed E-state index contributed by atoms with van der Waals surface area (Å²) in [5.74, 6) is -0.00867. The van der Waals surface area contributed by atoms with Gasteiger partial charge in [0.2, 0.25) is 0 Å². The van der Waals surface area contributed by atoms with Crippen LogP contribution in [0.15, 0.2) is 26.2 Å². The number of benzene rings is 1. The monoisotopic (exact) mass is 484 g/mol. The largest absolute Gasteiger partial charge is 0.465 e. The van der Waals surface area contributed by atoms with Crippen LogP contribution < -0.4 is 11.1 Å². The Kier molecular flexibility index (Phi) is 5.48. The first-order valence-corrected chi connectivity index (χ1v) is 10.7. The second kappa shape index (κ2) is 7.77. The van der Waals surface area contributed by atoms with E-state index < -0.39 is 17.2 Å². The molecule has 2 aliphatic rings. The van der Waals surface area contributed by atoms with Gasteiger partial charge in [0.1, 0.15) is 0 Å². The quantitative estimate of drug-likeness (QED) is 0.672. The van der Waals surface area contributed by atoms with Crippen molar-refractivity contribution >= 4 is 44.7 Å². The number of likely N-dealkylation sites (tertiary alicyclic amines) is 2. The minimum Gasteiger partial charge on any atom is -0.465 e. The van der Waals surface area contributed by atoms with Crippen molar-refractivity contribution in [2.75, 3.05) is 26.7 Å². The van der Waals surface area contributed by atoms with E-state index in [-0.39, 0.29) is 18.5 Å². The average molecular weight is 486 g/mol. The van der Waals surface area contributed by atoms with Gasteiger partial charge >= 0.3 is 17.2 Å². The fourth-order valence-corrected chi connectivity index (χ4v) is 4.78. The molecule has 10 heteroatoms. The molecule has 2 saturated heterocycles. The van der Waals surface area contributed by atoms with E-state index in [0.29, 0.717) is 40.2 Å². The first-order valence-electron chi connectivity index (χ1n) is 9.56. The van der Waals surface area contributed by atoms with Crippen LogP contribution in [0.25, 0.3) is 11.0 Å². The molecule has 1 aromatic heterocycles. The molecular formula is C19H22BrClN4O4. The van der Waals surface area contributed by atoms with Gasteiger partial charge in [-0.05, 0) is 54.5 Å². The van der Waals surface area contributed by atoms with Gasteiger partial charge in [0.15, 0.2) is 0 Å². The minimum absolute atomic E-state index is 0.00867. The number of rotatable bonds is 4. The number of amides is 1. The van der Waals surface area contributed by atoms with Crippen LogP contribution >= 0.6 is 27.5 Å². The second-order valence-electron chi connectivity index (χ2n) is 7.92. The zero-order chi connectivity index (χ0) is 20.9. The molecule has 0 spiro atoms. The van der Waals surface area contributed by atoms with E-state index in [9.17, 15) is 14.4 Å². The SMILES string of the molecule is CN1CCC[C@H]1Cn1c(=O)c(=O)n(CC2CN(C(=O)O)C2)c2cc(Cl)c(Br)cc21. The number of carboxylic acid groups (broad SMARTS) is 1. The van der Waals surface area contributed by atoms with Crippen LogP contribution in [0.3, 0.4) is 0 Å². The molecule has 2 aromatic rings. The predicted molar refractivity (Wildman–Crippen MR) is 114 cm³/mol. The summed E-state index contributed by atoms with van der Waals surface area (Å²) < 4.78 is 3.67. The van der Waals surface area contributed by atoms with Gasteiger partial charge in [0.25, 0.3) is 0 Å². The zero-order valence-electron chi connectivity index (χ0n) is 16.0. The molecule has 1 N–H and O–H groups in total. The fraction of sp³-hybridized carbons (Fsp3) is 0.526. The topological polar surface area (TPSA) is 87.8 Å². The summed E-state index contributed by atoms with van der Waals surface area (Å²) in [6.45, 7) is 2.42. The zero-order valence-corrected chi connectivity index (χ0v) is 18.3. The molecule has 1 aromatic carbocycles. The summed E-state index contributed by atoms with van der Waals surface area (Å²) in [6, 6.07) is 3.69. The molecule has 0 radical (unpaired) electrons. The maximum atomic E-state index is 13.0. The molecule has 4 rings (SSSR count). The maximum absolute atomic E-state index is 13.0. The lowest BCUT2D eigenvalue weighted by atomic mass is 10.0. The van der Waals surface area contributed by atoms with Crippen LogP contribution in [0, 0.1) is 5.92 Å². The summed E-state index contributed by atoms with van der Waals surface area (Å²) in [5, 5.41) is 9.48. The van der Waals surface area contributed by atoms with Crippen LogP contribution in [-0.2, 0) is 13.1 Å². The smallest absolute Gasteiger partial charge is 0.407 e. The van der Waals surface area contributed by atoms with Crippen LogP contribution in [-0.4, -0.2) is 62.9 Å². The minimum atomic E-state index is -0.971. The van der Waals surface area contributed by atoms with E-state index in [2.05, 4.69) is 20.8 Å². The van der Waals surface area contributed by atoms with Gasteiger partial charge in [0.05, 0.1) is 16.1 Å². The highest BCUT2D eigenvalue weighted by molar-refractivity contribution is 9.10. The van der Waals surface area contributed by atoms with E-state index in [0.717, 1.165) is 19.4 Å². The lowest BCUT2D eigenvalue weighted by molar-refractivity contribution is 0.0748. The number of likely N-dealkylation sites (N-methyl/N-ethyl adjacent to an activating group) is 1. The number of carbonyl (C=O) groups is 1. The Balaban J connectivity index is 1.78. The number of hydrogen-bond donors (Lipinski definition) is 1. The molecule has 1 atom stereocenters. The van der Waals surface area contributed by atoms with Gasteiger partial charge in [-0.1, -0.05) is 11.6 Å². The molecule has 2 fully saturated rings. The Morgan fingerprint density at radius 3 is 2.38 bits per heavy atom. The van der Waals surface area contributed by atoms with Crippen molar-refractivity contribution in [1.82, 2.24) is 18.9 Å². The average Bonchev–Trinajstić information content (AvgIpc) is 3.03. The highest BCUT2D eigenvalue weighted by Crippen LogP contribution is 2.29. The Hall–Kier alpha value is -1.84. The highest BCUT2D eigenvalue weighted by Gasteiger charge is 2.32. The number of fused-ring (bicyclic) bond motifs is 1. The molecule has 0 bridgehead atoms. The third kappa shape index (κ3) is 3.71. The van der Waals surface area contributed by atoms with Crippen molar-refractivity contribution in [1.29, 1.82) is 0 Å². The highest BCUT2D eigenvalue weighted by atomic mass is 79.9. The standard InChI is InChI=1S/C19H22BrClN4O4/c1-22-4-2-3-12(22)10-25-15-5-13(20)14(21)6-16(15)24(17(26)18(25)27)9-11-7-23(8-11)19(28)29/h5-6,11-12H,2-4,7-10H2,1H3,(H,28,29)/t12-/m0/s1. The summed E-state index contributed by atoms with van der Waals surface area (Å²) in [7, 11) is 2.03. The summed E-state index contributed by atoms with van der Waals surface area (Å²) in [4.78, 5) is 40.5. The van der Waals surface area contributed by atoms with Crippen molar-refractivity contribution in [2.24, 2.45) is 5.92 Å². The van der Waals surface area contributed by atoms with Gasteiger partial charge < -0.3 is 24.0 Å². The summed E-state index contributed by atoms with van der Waals surface area (Å²) in [5.41, 5.74) is 0.101. The van der Waals surface area contributed by atoms with Crippen molar-refractivity contribution in [3.05, 3.63) is 42.3 Å². The third-order valence-corrected chi connectivity index (χ3v) is 7.20. The molecule has 2 aliphatic heterocycles. The van der Waals surface area contributed by atoms with Gasteiger partial charge in [0, 0.05) is 42.6 Å². The number of nitrogens with zero attached hydrogens (tertiary/aromatic N) is 4. The van der Waals surface area contributed by atoms with E-state index in [1.807, 2.05) is 7.05 Å². The summed E-state index contributed by atoms with van der Waals surface area (Å²) in [6.07, 6.45) is 1.08. The van der Waals surface area contributed by atoms with Crippen LogP contribution in [0.2, 0.25) is 5.02 Å². The second-order valence-corrected chi connectivity index (χ2v) is 9.18. The lowest BCUT2D eigenvalue weighted by Crippen LogP contribution is -2.53. The third-order valence-electron chi connectivity index (χ3n) is 6.01. The molecule has 29 heavy (non-hydrogen) atoms. The van der Waals surface area contributed by atoms with Crippen LogP contribution in [0.1, 0.15) is 12.8 Å². The van der Waals surface area contributed by atoms with Crippen molar-refractivity contribution in [3.8, 4) is 0 Å². The Labute approximate surface area is 180 Å². The van der Waals surface area contributed by atoms with E-state index >= 15 is 0 Å². The summed E-state index contributed by atoms with van der Waals surface area (Å²) >= 11 is 9.73. The van der Waals surface area contributed by atoms with Crippen LogP contribution in [0.5, 0.6) is 0 Å². The van der Waals surface area contributed by atoms with Gasteiger partial charge in [-0.3, -0.25) is 9.59 Å². The maximum Gasteiger partial charge on any atom is 0.407 e. The molecule has 156 valence electrons. The lowest BCUT2D eigenvalue weighted by Gasteiger charge is -2.37. The predicted octanol–water partition coefficient (Wildman–Crippen LogP) is 2.28. The molecular weight excluding hydrogens is 464 g/mol. The molecule has 0 saturated carbocycles. The van der Waals surface area contributed by atoms with E-state index in [1.54, 1.807) is 16.7 Å². The molecule has 3 heterocycles. The van der Waals surface area contributed by atoms with E-state index in [4.69, 9.17) is 16.7 Å². The van der Waals surface area contributed by atoms with E-state index in [1.165, 1.54) is 9.47 Å². The number of hydrogen-bond acceptors (Lipinski definition) is 4. The molecule has 0 unspecified atom stereocenters. The molecule has 8 nitrogen and oxygen atoms in total. The van der Waals surface area contributed by atoms with Crippen molar-refractivity contribution in [2.45, 2.75) is 32.0 Å². The van der Waals surface area contributed by atoms with Gasteiger partial charge in [-0.25, -0.2) is 4.79 Å². The van der Waals surface area contributed by atoms with Crippen molar-refractivity contribution in [3.63, 3.8) is 0 Å². The fourth-order valence-electron chi connectivity index (χ4n) is 4.29. The Morgan fingerprint density at radius 1 is 1.17 bits per heavy atom. The molecule has 0 aliphatic carbocycles. The first kappa shape index (κ1) is 20.4. The Morgan fingerprint density at radius 2 is 1.79 bits per heavy atom. The number of halogens is 2. The van der Waals surface area contributed by atoms with Crippen LogP contribution in [0.4, 0.5) is 4.79 Å². The first-order chi connectivity index (χ1) is 13.8. The number of aromatic nitrogens is 2. The Bertz CT molecular complexity index is 1090. The van der Waals surface area contributed by atoms with Gasteiger partial charge in [-0.15, -0.1) is 0 Å². The molecule has 1 amide bonds. The normalized spacial score (nSPS) is 20.4. The van der Waals surface area contributed by atoms with Crippen molar-refractivity contribution < 1.29 is 9.90 Å². The van der Waals surface area contributed by atoms with Gasteiger partial charge in [-0.2, -0.15) is 0 Å².